The maximum atomic E-state index is 11.4. The fraction of sp³-hybridized carbons (Fsp3) is 0.417. The monoisotopic (exact) mass is 284 g/mol. The first-order chi connectivity index (χ1) is 7.50. The lowest BCUT2D eigenvalue weighted by Crippen LogP contribution is -2.34. The fourth-order valence-corrected chi connectivity index (χ4v) is 1.71. The second-order valence-corrected chi connectivity index (χ2v) is 4.86. The second-order valence-electron chi connectivity index (χ2n) is 3.95. The molecule has 0 fully saturated rings. The molecule has 0 unspecified atom stereocenters. The van der Waals surface area contributed by atoms with E-state index in [9.17, 15) is 4.79 Å². The maximum Gasteiger partial charge on any atom is 0.236 e. The van der Waals surface area contributed by atoms with Crippen LogP contribution < -0.4 is 5.32 Å². The van der Waals surface area contributed by atoms with Crippen LogP contribution in [0.1, 0.15) is 18.5 Å². The van der Waals surface area contributed by atoms with Gasteiger partial charge in [-0.1, -0.05) is 28.1 Å². The van der Waals surface area contributed by atoms with Crippen molar-refractivity contribution in [3.8, 4) is 0 Å². The number of nitrogens with one attached hydrogen (secondary N) is 1. The standard InChI is InChI=1S/C12H17BrN2O/c1-9(14-8-12(16)15(2)3)10-5-4-6-11(13)7-10/h4-7,9,14H,8H2,1-3H3/t9-/m0/s1. The maximum absolute atomic E-state index is 11.4. The van der Waals surface area contributed by atoms with Crippen molar-refractivity contribution < 1.29 is 4.79 Å². The smallest absolute Gasteiger partial charge is 0.236 e. The molecule has 0 aromatic heterocycles. The Morgan fingerprint density at radius 2 is 2.19 bits per heavy atom. The number of nitrogens with zero attached hydrogens (tertiary/aromatic N) is 1. The van der Waals surface area contributed by atoms with E-state index in [1.807, 2.05) is 25.1 Å². The molecular weight excluding hydrogens is 268 g/mol. The predicted molar refractivity (Wildman–Crippen MR) is 69.3 cm³/mol. The summed E-state index contributed by atoms with van der Waals surface area (Å²) in [5, 5.41) is 3.20. The van der Waals surface area contributed by atoms with E-state index in [1.165, 1.54) is 5.56 Å². The molecule has 1 aromatic rings. The third kappa shape index (κ3) is 3.94. The Bertz CT molecular complexity index is 366. The van der Waals surface area contributed by atoms with Crippen molar-refractivity contribution in [3.63, 3.8) is 0 Å². The van der Waals surface area contributed by atoms with Crippen molar-refractivity contribution in [2.24, 2.45) is 0 Å². The van der Waals surface area contributed by atoms with Gasteiger partial charge in [-0.15, -0.1) is 0 Å². The molecule has 0 aliphatic heterocycles. The summed E-state index contributed by atoms with van der Waals surface area (Å²) in [7, 11) is 3.52. The molecule has 1 amide bonds. The van der Waals surface area contributed by atoms with Crippen LogP contribution >= 0.6 is 15.9 Å². The molecule has 0 heterocycles. The summed E-state index contributed by atoms with van der Waals surface area (Å²) in [6, 6.07) is 8.24. The van der Waals surface area contributed by atoms with Gasteiger partial charge in [0.15, 0.2) is 0 Å². The van der Waals surface area contributed by atoms with Gasteiger partial charge >= 0.3 is 0 Å². The Labute approximate surface area is 105 Å². The number of benzene rings is 1. The molecule has 0 bridgehead atoms. The molecule has 0 radical (unpaired) electrons. The zero-order chi connectivity index (χ0) is 12.1. The zero-order valence-electron chi connectivity index (χ0n) is 9.83. The normalized spacial score (nSPS) is 12.2. The summed E-state index contributed by atoms with van der Waals surface area (Å²) in [4.78, 5) is 13.0. The van der Waals surface area contributed by atoms with E-state index in [0.717, 1.165) is 4.47 Å². The molecule has 0 spiro atoms. The molecule has 1 N–H and O–H groups in total. The minimum atomic E-state index is 0.0850. The number of carbonyl (C=O) groups is 1. The summed E-state index contributed by atoms with van der Waals surface area (Å²) in [5.74, 6) is 0.0850. The summed E-state index contributed by atoms with van der Waals surface area (Å²) in [5.41, 5.74) is 1.17. The fourth-order valence-electron chi connectivity index (χ4n) is 1.29. The van der Waals surface area contributed by atoms with Crippen molar-refractivity contribution >= 4 is 21.8 Å². The van der Waals surface area contributed by atoms with Gasteiger partial charge in [0.25, 0.3) is 0 Å². The number of likely N-dealkylation sites (N-methyl/N-ethyl adjacent to an activating group) is 1. The van der Waals surface area contributed by atoms with Crippen LogP contribution in [0.5, 0.6) is 0 Å². The Kier molecular flexibility index (Phi) is 4.96. The van der Waals surface area contributed by atoms with Crippen LogP contribution in [0.2, 0.25) is 0 Å². The van der Waals surface area contributed by atoms with Gasteiger partial charge in [0.05, 0.1) is 6.54 Å². The average Bonchev–Trinajstić information content (AvgIpc) is 2.25. The van der Waals surface area contributed by atoms with Gasteiger partial charge in [-0.2, -0.15) is 0 Å². The molecule has 3 nitrogen and oxygen atoms in total. The molecule has 1 aromatic carbocycles. The Morgan fingerprint density at radius 3 is 2.75 bits per heavy atom. The van der Waals surface area contributed by atoms with Gasteiger partial charge in [0, 0.05) is 24.6 Å². The van der Waals surface area contributed by atoms with Crippen LogP contribution in [0.15, 0.2) is 28.7 Å². The third-order valence-electron chi connectivity index (χ3n) is 2.41. The Hall–Kier alpha value is -0.870. The highest BCUT2D eigenvalue weighted by Gasteiger charge is 2.08. The molecular formula is C12H17BrN2O. The number of hydrogen-bond acceptors (Lipinski definition) is 2. The van der Waals surface area contributed by atoms with Crippen LogP contribution in [0.3, 0.4) is 0 Å². The van der Waals surface area contributed by atoms with E-state index >= 15 is 0 Å². The van der Waals surface area contributed by atoms with Gasteiger partial charge in [-0.25, -0.2) is 0 Å². The van der Waals surface area contributed by atoms with Gasteiger partial charge in [0.2, 0.25) is 5.91 Å². The minimum absolute atomic E-state index is 0.0850. The summed E-state index contributed by atoms with van der Waals surface area (Å²) in [6.45, 7) is 2.41. The van der Waals surface area contributed by atoms with Crippen LogP contribution in [0.25, 0.3) is 0 Å². The molecule has 1 rings (SSSR count). The SMILES string of the molecule is C[C@H](NCC(=O)N(C)C)c1cccc(Br)c1. The molecule has 4 heteroatoms. The van der Waals surface area contributed by atoms with Crippen LogP contribution in [0.4, 0.5) is 0 Å². The van der Waals surface area contributed by atoms with E-state index in [0.29, 0.717) is 6.54 Å². The first kappa shape index (κ1) is 13.2. The first-order valence-electron chi connectivity index (χ1n) is 5.19. The zero-order valence-corrected chi connectivity index (χ0v) is 11.4. The number of halogens is 1. The van der Waals surface area contributed by atoms with Crippen molar-refractivity contribution in [2.75, 3.05) is 20.6 Å². The van der Waals surface area contributed by atoms with Gasteiger partial charge in [-0.05, 0) is 24.6 Å². The number of amides is 1. The third-order valence-corrected chi connectivity index (χ3v) is 2.90. The largest absolute Gasteiger partial charge is 0.348 e. The quantitative estimate of drug-likeness (QED) is 0.919. The summed E-state index contributed by atoms with van der Waals surface area (Å²) in [6.07, 6.45) is 0. The topological polar surface area (TPSA) is 32.3 Å². The summed E-state index contributed by atoms with van der Waals surface area (Å²) >= 11 is 3.43. The summed E-state index contributed by atoms with van der Waals surface area (Å²) < 4.78 is 1.05. The van der Waals surface area contributed by atoms with E-state index in [4.69, 9.17) is 0 Å². The van der Waals surface area contributed by atoms with E-state index < -0.39 is 0 Å². The van der Waals surface area contributed by atoms with Crippen molar-refractivity contribution in [3.05, 3.63) is 34.3 Å². The number of rotatable bonds is 4. The van der Waals surface area contributed by atoms with Gasteiger partial charge in [0.1, 0.15) is 0 Å². The van der Waals surface area contributed by atoms with Crippen LogP contribution in [0, 0.1) is 0 Å². The Balaban J connectivity index is 2.53. The van der Waals surface area contributed by atoms with Crippen LogP contribution in [-0.2, 0) is 4.79 Å². The molecule has 88 valence electrons. The first-order valence-corrected chi connectivity index (χ1v) is 5.99. The molecule has 0 saturated heterocycles. The van der Waals surface area contributed by atoms with Crippen LogP contribution in [-0.4, -0.2) is 31.4 Å². The lowest BCUT2D eigenvalue weighted by atomic mass is 10.1. The Morgan fingerprint density at radius 1 is 1.50 bits per heavy atom. The molecule has 1 atom stereocenters. The van der Waals surface area contributed by atoms with E-state index in [1.54, 1.807) is 19.0 Å². The predicted octanol–water partition coefficient (Wildman–Crippen LogP) is 2.19. The molecule has 0 aliphatic rings. The van der Waals surface area contributed by atoms with Crippen molar-refractivity contribution in [2.45, 2.75) is 13.0 Å². The lowest BCUT2D eigenvalue weighted by Gasteiger charge is -2.16. The number of carbonyl (C=O) groups excluding carboxylic acids is 1. The molecule has 0 aliphatic carbocycles. The van der Waals surface area contributed by atoms with Crippen molar-refractivity contribution in [1.29, 1.82) is 0 Å². The highest BCUT2D eigenvalue weighted by Crippen LogP contribution is 2.17. The van der Waals surface area contributed by atoms with E-state index in [-0.39, 0.29) is 11.9 Å². The second kappa shape index (κ2) is 6.01. The highest BCUT2D eigenvalue weighted by molar-refractivity contribution is 9.10. The minimum Gasteiger partial charge on any atom is -0.348 e. The molecule has 16 heavy (non-hydrogen) atoms. The lowest BCUT2D eigenvalue weighted by molar-refractivity contribution is -0.127. The average molecular weight is 285 g/mol. The molecule has 0 saturated carbocycles. The van der Waals surface area contributed by atoms with E-state index in [2.05, 4.69) is 27.3 Å². The number of hydrogen-bond donors (Lipinski definition) is 1. The van der Waals surface area contributed by atoms with Gasteiger partial charge in [-0.3, -0.25) is 4.79 Å². The highest BCUT2D eigenvalue weighted by atomic mass is 79.9. The van der Waals surface area contributed by atoms with Crippen molar-refractivity contribution in [1.82, 2.24) is 10.2 Å². The van der Waals surface area contributed by atoms with Gasteiger partial charge < -0.3 is 10.2 Å².